The Labute approximate surface area is 205 Å². The summed E-state index contributed by atoms with van der Waals surface area (Å²) in [6.07, 6.45) is 18.0. The molecule has 0 rings (SSSR count). The van der Waals surface area contributed by atoms with Gasteiger partial charge in [-0.15, -0.1) is 0 Å². The average Bonchev–Trinajstić information content (AvgIpc) is 2.67. The first-order valence-corrected chi connectivity index (χ1v) is 12.9. The number of phosphoric acid groups is 1. The zero-order valence-corrected chi connectivity index (χ0v) is 22.1. The molecule has 1 radical (unpaired) electrons. The summed E-state index contributed by atoms with van der Waals surface area (Å²) in [7, 11) is -4.61. The van der Waals surface area contributed by atoms with Crippen molar-refractivity contribution in [1.29, 1.82) is 0 Å². The van der Waals surface area contributed by atoms with Gasteiger partial charge in [-0.05, 0) is 6.42 Å². The van der Waals surface area contributed by atoms with E-state index in [0.717, 1.165) is 19.3 Å². The smallest absolute Gasteiger partial charge is 0.463 e. The molecule has 175 valence electrons. The zero-order valence-electron chi connectivity index (χ0n) is 19.2. The van der Waals surface area contributed by atoms with Crippen molar-refractivity contribution in [3.05, 3.63) is 0 Å². The number of aliphatic hydroxyl groups is 1. The van der Waals surface area contributed by atoms with E-state index in [2.05, 4.69) is 11.4 Å². The molecule has 0 aromatic heterocycles. The van der Waals surface area contributed by atoms with Crippen LogP contribution in [0.15, 0.2) is 0 Å². The molecule has 0 saturated heterocycles. The molecule has 9 heteroatoms. The predicted molar refractivity (Wildman–Crippen MR) is 120 cm³/mol. The summed E-state index contributed by atoms with van der Waals surface area (Å²) in [4.78, 5) is 28.6. The van der Waals surface area contributed by atoms with Crippen LogP contribution >= 0.6 is 7.82 Å². The SMILES string of the molecule is CCCCCCCCCCCCCCCCCC(=O)OC[C@@H](O)COP(=O)(O)O.[Na]. The standard InChI is InChI=1S/C21H43O7P.Na/c1-2-3-4-5-6-7-8-9-10-11-12-13-14-15-16-17-21(23)27-18-20(22)19-28-29(24,25)26;/h20,22H,2-19H2,1H3,(H2,24,25,26);/t20-;/m1./s1. The number of ether oxygens (including phenoxy) is 1. The van der Waals surface area contributed by atoms with Gasteiger partial charge in [0.05, 0.1) is 6.61 Å². The second-order valence-corrected chi connectivity index (χ2v) is 9.06. The number of aliphatic hydroxyl groups excluding tert-OH is 1. The van der Waals surface area contributed by atoms with Gasteiger partial charge < -0.3 is 19.6 Å². The van der Waals surface area contributed by atoms with E-state index >= 15 is 0 Å². The molecule has 0 unspecified atom stereocenters. The number of esters is 1. The van der Waals surface area contributed by atoms with Crippen molar-refractivity contribution in [1.82, 2.24) is 0 Å². The Morgan fingerprint density at radius 3 is 1.57 bits per heavy atom. The van der Waals surface area contributed by atoms with Gasteiger partial charge in [-0.1, -0.05) is 96.8 Å². The van der Waals surface area contributed by atoms with E-state index in [4.69, 9.17) is 14.5 Å². The fourth-order valence-corrected chi connectivity index (χ4v) is 3.50. The van der Waals surface area contributed by atoms with E-state index in [1.54, 1.807) is 0 Å². The summed E-state index contributed by atoms with van der Waals surface area (Å²) in [5, 5.41) is 9.42. The van der Waals surface area contributed by atoms with Crippen LogP contribution in [0, 0.1) is 0 Å². The van der Waals surface area contributed by atoms with Crippen LogP contribution < -0.4 is 0 Å². The van der Waals surface area contributed by atoms with Gasteiger partial charge in [0, 0.05) is 36.0 Å². The largest absolute Gasteiger partial charge is 0.469 e. The molecule has 0 aliphatic rings. The minimum atomic E-state index is -4.61. The van der Waals surface area contributed by atoms with E-state index in [-0.39, 0.29) is 36.2 Å². The Kier molecular flexibility index (Phi) is 24.8. The van der Waals surface area contributed by atoms with Crippen molar-refractivity contribution >= 4 is 43.3 Å². The van der Waals surface area contributed by atoms with E-state index in [9.17, 15) is 14.5 Å². The minimum absolute atomic E-state index is 0. The molecule has 0 heterocycles. The van der Waals surface area contributed by atoms with Crippen molar-refractivity contribution in [2.24, 2.45) is 0 Å². The molecule has 0 saturated carbocycles. The molecule has 0 amide bonds. The van der Waals surface area contributed by atoms with Gasteiger partial charge >= 0.3 is 13.8 Å². The molecule has 0 aromatic rings. The van der Waals surface area contributed by atoms with E-state index in [1.807, 2.05) is 0 Å². The molecule has 30 heavy (non-hydrogen) atoms. The van der Waals surface area contributed by atoms with Crippen LogP contribution in [0.2, 0.25) is 0 Å². The fraction of sp³-hybridized carbons (Fsp3) is 0.952. The van der Waals surface area contributed by atoms with E-state index in [1.165, 1.54) is 77.0 Å². The summed E-state index contributed by atoms with van der Waals surface area (Å²) < 4.78 is 19.5. The van der Waals surface area contributed by atoms with Crippen LogP contribution in [0.25, 0.3) is 0 Å². The molecule has 0 spiro atoms. The summed E-state index contributed by atoms with van der Waals surface area (Å²) in [5.41, 5.74) is 0. The van der Waals surface area contributed by atoms with Gasteiger partial charge in [0.1, 0.15) is 12.7 Å². The van der Waals surface area contributed by atoms with Crippen LogP contribution in [-0.2, 0) is 18.6 Å². The summed E-state index contributed by atoms with van der Waals surface area (Å²) in [6, 6.07) is 0. The molecule has 7 nitrogen and oxygen atoms in total. The first kappa shape index (κ1) is 32.7. The normalized spacial score (nSPS) is 12.4. The number of phosphoric ester groups is 1. The third-order valence-corrected chi connectivity index (χ3v) is 5.34. The molecule has 0 aliphatic heterocycles. The van der Waals surface area contributed by atoms with Crippen molar-refractivity contribution in [3.63, 3.8) is 0 Å². The number of carbonyl (C=O) groups is 1. The average molecular weight is 462 g/mol. The van der Waals surface area contributed by atoms with E-state index < -0.39 is 26.5 Å². The number of unbranched alkanes of at least 4 members (excludes halogenated alkanes) is 14. The Bertz CT molecular complexity index is 432. The molecular weight excluding hydrogens is 418 g/mol. The zero-order chi connectivity index (χ0) is 21.8. The Balaban J connectivity index is 0. The third kappa shape index (κ3) is 26.6. The quantitative estimate of drug-likeness (QED) is 0.0966. The Hall–Kier alpha value is 0.540. The van der Waals surface area contributed by atoms with Crippen molar-refractivity contribution < 1.29 is 33.5 Å². The van der Waals surface area contributed by atoms with Gasteiger partial charge in [-0.2, -0.15) is 0 Å². The summed E-state index contributed by atoms with van der Waals surface area (Å²) in [5.74, 6) is -0.407. The second kappa shape index (κ2) is 22.7. The maximum atomic E-state index is 11.6. The number of hydrogen-bond donors (Lipinski definition) is 3. The van der Waals surface area contributed by atoms with Gasteiger partial charge in [0.2, 0.25) is 0 Å². The minimum Gasteiger partial charge on any atom is -0.463 e. The molecular formula is C21H43NaO7P. The number of hydrogen-bond acceptors (Lipinski definition) is 5. The maximum Gasteiger partial charge on any atom is 0.469 e. The topological polar surface area (TPSA) is 113 Å². The second-order valence-electron chi connectivity index (χ2n) is 7.82. The van der Waals surface area contributed by atoms with Crippen molar-refractivity contribution in [2.75, 3.05) is 13.2 Å². The van der Waals surface area contributed by atoms with Gasteiger partial charge in [-0.3, -0.25) is 9.32 Å². The van der Waals surface area contributed by atoms with Gasteiger partial charge in [0.25, 0.3) is 0 Å². The Morgan fingerprint density at radius 1 is 0.767 bits per heavy atom. The molecule has 1 atom stereocenters. The van der Waals surface area contributed by atoms with Gasteiger partial charge in [-0.25, -0.2) is 4.57 Å². The van der Waals surface area contributed by atoms with Crippen LogP contribution in [0.5, 0.6) is 0 Å². The number of rotatable bonds is 21. The van der Waals surface area contributed by atoms with Crippen LogP contribution in [0.3, 0.4) is 0 Å². The molecule has 0 bridgehead atoms. The van der Waals surface area contributed by atoms with E-state index in [0.29, 0.717) is 6.42 Å². The molecule has 0 aromatic carbocycles. The summed E-state index contributed by atoms with van der Waals surface area (Å²) >= 11 is 0. The molecule has 0 aliphatic carbocycles. The van der Waals surface area contributed by atoms with Gasteiger partial charge in [0.15, 0.2) is 0 Å². The van der Waals surface area contributed by atoms with Crippen LogP contribution in [-0.4, -0.2) is 69.7 Å². The maximum absolute atomic E-state index is 11.6. The molecule has 3 N–H and O–H groups in total. The Morgan fingerprint density at radius 2 is 1.17 bits per heavy atom. The first-order chi connectivity index (χ1) is 13.8. The van der Waals surface area contributed by atoms with Crippen molar-refractivity contribution in [2.45, 2.75) is 116 Å². The van der Waals surface area contributed by atoms with Crippen molar-refractivity contribution in [3.8, 4) is 0 Å². The summed E-state index contributed by atoms with van der Waals surface area (Å²) in [6.45, 7) is 1.36. The monoisotopic (exact) mass is 461 g/mol. The first-order valence-electron chi connectivity index (χ1n) is 11.4. The van der Waals surface area contributed by atoms with Crippen LogP contribution in [0.4, 0.5) is 0 Å². The fourth-order valence-electron chi connectivity index (χ4n) is 3.13. The number of carbonyl (C=O) groups excluding carboxylic acids is 1. The third-order valence-electron chi connectivity index (χ3n) is 4.86. The molecule has 0 fully saturated rings. The van der Waals surface area contributed by atoms with Crippen LogP contribution in [0.1, 0.15) is 110 Å². The predicted octanol–water partition coefficient (Wildman–Crippen LogP) is 4.88.